The molecular weight excluding hydrogens is 400 g/mol. The van der Waals surface area contributed by atoms with Crippen molar-refractivity contribution in [3.8, 4) is 22.5 Å². The van der Waals surface area contributed by atoms with Gasteiger partial charge >= 0.3 is 0 Å². The third-order valence-electron chi connectivity index (χ3n) is 5.55. The molecule has 2 aromatic carbocycles. The van der Waals surface area contributed by atoms with Crippen LogP contribution in [0.3, 0.4) is 0 Å². The summed E-state index contributed by atoms with van der Waals surface area (Å²) in [6, 6.07) is 17.9. The van der Waals surface area contributed by atoms with Gasteiger partial charge < -0.3 is 9.88 Å². The van der Waals surface area contributed by atoms with Crippen LogP contribution in [0.5, 0.6) is 0 Å². The third-order valence-corrected chi connectivity index (χ3v) is 5.55. The SMILES string of the molecule is CCC(=O)c1cc2ccc(-c3nccc(Nc4ccc(-c5cn[nH]c5)cc4)n3)cc2n1C. The number of nitrogens with one attached hydrogen (secondary N) is 2. The molecule has 0 spiro atoms. The second kappa shape index (κ2) is 8.11. The highest BCUT2D eigenvalue weighted by atomic mass is 16.1. The fourth-order valence-electron chi connectivity index (χ4n) is 3.79. The zero-order valence-corrected chi connectivity index (χ0v) is 17.8. The minimum absolute atomic E-state index is 0.131. The molecule has 0 aliphatic carbocycles. The predicted molar refractivity (Wildman–Crippen MR) is 126 cm³/mol. The van der Waals surface area contributed by atoms with Crippen molar-refractivity contribution in [2.24, 2.45) is 7.05 Å². The molecule has 0 aliphatic rings. The quantitative estimate of drug-likeness (QED) is 0.360. The number of aromatic amines is 1. The van der Waals surface area contributed by atoms with Gasteiger partial charge in [0.05, 0.1) is 11.9 Å². The van der Waals surface area contributed by atoms with Crippen LogP contribution >= 0.6 is 0 Å². The van der Waals surface area contributed by atoms with Gasteiger partial charge in [0.15, 0.2) is 11.6 Å². The van der Waals surface area contributed by atoms with Gasteiger partial charge in [-0.15, -0.1) is 0 Å². The number of benzene rings is 2. The normalized spacial score (nSPS) is 11.1. The molecule has 0 amide bonds. The maximum atomic E-state index is 12.2. The summed E-state index contributed by atoms with van der Waals surface area (Å²) < 4.78 is 1.94. The minimum atomic E-state index is 0.131. The molecular formula is C25H22N6O. The van der Waals surface area contributed by atoms with Crippen LogP contribution in [0.25, 0.3) is 33.4 Å². The first kappa shape index (κ1) is 19.7. The van der Waals surface area contributed by atoms with Crippen LogP contribution in [0, 0.1) is 0 Å². The van der Waals surface area contributed by atoms with E-state index in [2.05, 4.69) is 20.5 Å². The summed E-state index contributed by atoms with van der Waals surface area (Å²) in [5.74, 6) is 1.46. The van der Waals surface area contributed by atoms with Gasteiger partial charge in [-0.05, 0) is 35.9 Å². The van der Waals surface area contributed by atoms with Crippen LogP contribution in [0.2, 0.25) is 0 Å². The number of anilines is 2. The van der Waals surface area contributed by atoms with Crippen LogP contribution in [0.1, 0.15) is 23.8 Å². The number of hydrogen-bond acceptors (Lipinski definition) is 5. The van der Waals surface area contributed by atoms with Gasteiger partial charge in [-0.3, -0.25) is 9.89 Å². The predicted octanol–water partition coefficient (Wildman–Crippen LogP) is 5.36. The van der Waals surface area contributed by atoms with Gasteiger partial charge in [0.2, 0.25) is 0 Å². The van der Waals surface area contributed by atoms with Gasteiger partial charge in [0.1, 0.15) is 5.82 Å². The fourth-order valence-corrected chi connectivity index (χ4v) is 3.79. The summed E-state index contributed by atoms with van der Waals surface area (Å²) in [4.78, 5) is 21.4. The van der Waals surface area contributed by atoms with Crippen molar-refractivity contribution >= 4 is 28.2 Å². The molecule has 0 saturated heterocycles. The number of hydrogen-bond donors (Lipinski definition) is 2. The molecule has 0 radical (unpaired) electrons. The summed E-state index contributed by atoms with van der Waals surface area (Å²) in [5.41, 5.74) is 5.66. The minimum Gasteiger partial charge on any atom is -0.341 e. The van der Waals surface area contributed by atoms with Crippen molar-refractivity contribution < 1.29 is 4.79 Å². The zero-order chi connectivity index (χ0) is 22.1. The molecule has 0 bridgehead atoms. The van der Waals surface area contributed by atoms with E-state index < -0.39 is 0 Å². The van der Waals surface area contributed by atoms with Gasteiger partial charge in [-0.25, -0.2) is 9.97 Å². The second-order valence-electron chi connectivity index (χ2n) is 7.59. The van der Waals surface area contributed by atoms with E-state index in [-0.39, 0.29) is 5.78 Å². The second-order valence-corrected chi connectivity index (χ2v) is 7.59. The van der Waals surface area contributed by atoms with Crippen LogP contribution in [-0.2, 0) is 7.05 Å². The van der Waals surface area contributed by atoms with Crippen LogP contribution in [0.15, 0.2) is 73.2 Å². The van der Waals surface area contributed by atoms with E-state index >= 15 is 0 Å². The molecule has 0 saturated carbocycles. The van der Waals surface area contributed by atoms with Crippen LogP contribution in [0.4, 0.5) is 11.5 Å². The molecule has 0 atom stereocenters. The smallest absolute Gasteiger partial charge is 0.178 e. The lowest BCUT2D eigenvalue weighted by Crippen LogP contribution is -2.03. The summed E-state index contributed by atoms with van der Waals surface area (Å²) in [6.45, 7) is 1.88. The van der Waals surface area contributed by atoms with Crippen LogP contribution < -0.4 is 5.32 Å². The number of nitrogens with zero attached hydrogens (tertiary/aromatic N) is 4. The Hall–Kier alpha value is -4.26. The largest absolute Gasteiger partial charge is 0.341 e. The number of aromatic nitrogens is 5. The monoisotopic (exact) mass is 422 g/mol. The highest BCUT2D eigenvalue weighted by Gasteiger charge is 2.13. The van der Waals surface area contributed by atoms with Crippen molar-refractivity contribution in [2.75, 3.05) is 5.32 Å². The lowest BCUT2D eigenvalue weighted by Gasteiger charge is -2.08. The molecule has 0 fully saturated rings. The van der Waals surface area contributed by atoms with Crippen molar-refractivity contribution in [3.63, 3.8) is 0 Å². The van der Waals surface area contributed by atoms with Crippen molar-refractivity contribution in [1.82, 2.24) is 24.7 Å². The molecule has 2 N–H and O–H groups in total. The van der Waals surface area contributed by atoms with E-state index in [1.54, 1.807) is 12.4 Å². The summed E-state index contributed by atoms with van der Waals surface area (Å²) >= 11 is 0. The van der Waals surface area contributed by atoms with E-state index in [1.807, 2.05) is 79.3 Å². The average Bonchev–Trinajstić information content (AvgIpc) is 3.48. The molecule has 5 aromatic rings. The van der Waals surface area contributed by atoms with E-state index in [4.69, 9.17) is 4.98 Å². The third kappa shape index (κ3) is 3.65. The lowest BCUT2D eigenvalue weighted by atomic mass is 10.1. The fraction of sp³-hybridized carbons (Fsp3) is 0.120. The Morgan fingerprint density at radius 2 is 1.84 bits per heavy atom. The number of fused-ring (bicyclic) bond motifs is 1. The Morgan fingerprint density at radius 1 is 1.03 bits per heavy atom. The number of aryl methyl sites for hydroxylation is 1. The highest BCUT2D eigenvalue weighted by Crippen LogP contribution is 2.27. The molecule has 0 aliphatic heterocycles. The van der Waals surface area contributed by atoms with E-state index in [9.17, 15) is 4.79 Å². The Bertz CT molecular complexity index is 1400. The van der Waals surface area contributed by atoms with E-state index in [0.29, 0.717) is 18.1 Å². The van der Waals surface area contributed by atoms with E-state index in [0.717, 1.165) is 39.0 Å². The van der Waals surface area contributed by atoms with E-state index in [1.165, 1.54) is 0 Å². The van der Waals surface area contributed by atoms with Gasteiger partial charge in [0, 0.05) is 53.6 Å². The average molecular weight is 422 g/mol. The molecule has 7 heteroatoms. The number of ketones is 1. The topological polar surface area (TPSA) is 88.5 Å². The van der Waals surface area contributed by atoms with Crippen molar-refractivity contribution in [3.05, 3.63) is 78.9 Å². The summed E-state index contributed by atoms with van der Waals surface area (Å²) in [7, 11) is 1.92. The number of Topliss-reactive ketones (excluding diaryl/α,β-unsaturated/α-hetero) is 1. The number of carbonyl (C=O) groups excluding carboxylic acids is 1. The standard InChI is InChI=1S/C25H22N6O/c1-3-23(32)22-12-17-4-5-18(13-21(17)31(22)2)25-26-11-10-24(30-25)29-20-8-6-16(7-9-20)19-14-27-28-15-19/h4-15H,3H2,1-2H3,(H,27,28)(H,26,29,30). The Kier molecular flexibility index (Phi) is 4.99. The first-order chi connectivity index (χ1) is 15.6. The molecule has 158 valence electrons. The Balaban J connectivity index is 1.42. The first-order valence-corrected chi connectivity index (χ1v) is 10.4. The maximum absolute atomic E-state index is 12.2. The Morgan fingerprint density at radius 3 is 2.59 bits per heavy atom. The van der Waals surface area contributed by atoms with Crippen molar-refractivity contribution in [1.29, 1.82) is 0 Å². The Labute approximate surface area is 185 Å². The summed E-state index contributed by atoms with van der Waals surface area (Å²) in [5, 5.41) is 11.2. The molecule has 3 heterocycles. The van der Waals surface area contributed by atoms with Crippen molar-refractivity contribution in [2.45, 2.75) is 13.3 Å². The number of rotatable bonds is 6. The number of carbonyl (C=O) groups is 1. The molecule has 3 aromatic heterocycles. The molecule has 5 rings (SSSR count). The van der Waals surface area contributed by atoms with Gasteiger partial charge in [0.25, 0.3) is 0 Å². The van der Waals surface area contributed by atoms with Gasteiger partial charge in [-0.2, -0.15) is 5.10 Å². The highest BCUT2D eigenvalue weighted by molar-refractivity contribution is 6.00. The van der Waals surface area contributed by atoms with Crippen LogP contribution in [-0.4, -0.2) is 30.5 Å². The van der Waals surface area contributed by atoms with Gasteiger partial charge in [-0.1, -0.05) is 31.2 Å². The summed E-state index contributed by atoms with van der Waals surface area (Å²) in [6.07, 6.45) is 5.89. The zero-order valence-electron chi connectivity index (χ0n) is 17.8. The molecule has 0 unspecified atom stereocenters. The maximum Gasteiger partial charge on any atom is 0.178 e. The first-order valence-electron chi connectivity index (χ1n) is 10.4. The molecule has 32 heavy (non-hydrogen) atoms. The number of H-pyrrole nitrogens is 1. The lowest BCUT2D eigenvalue weighted by molar-refractivity contribution is 0.0981. The molecule has 7 nitrogen and oxygen atoms in total.